The van der Waals surface area contributed by atoms with Gasteiger partial charge in [-0.1, -0.05) is 33.0 Å². The minimum Gasteiger partial charge on any atom is -0.393 e. The number of nitrogens with two attached hydrogens (primary N) is 1. The average molecular weight is 310 g/mol. The van der Waals surface area contributed by atoms with E-state index in [0.717, 1.165) is 19.3 Å². The normalized spacial score (nSPS) is 24.2. The second-order valence-electron chi connectivity index (χ2n) is 6.79. The van der Waals surface area contributed by atoms with E-state index in [1.165, 1.54) is 0 Å². The second-order valence-corrected chi connectivity index (χ2v) is 7.26. The third-order valence-electron chi connectivity index (χ3n) is 4.22. The predicted octanol–water partition coefficient (Wildman–Crippen LogP) is 3.60. The van der Waals surface area contributed by atoms with Gasteiger partial charge in [0, 0.05) is 6.54 Å². The van der Waals surface area contributed by atoms with Crippen molar-refractivity contribution in [2.45, 2.75) is 46.2 Å². The Hall–Kier alpha value is -0.360. The van der Waals surface area contributed by atoms with Crippen LogP contribution in [0.4, 0.5) is 13.2 Å². The average Bonchev–Trinajstić information content (AvgIpc) is 2.48. The molecule has 2 nitrogen and oxygen atoms in total. The molecule has 1 rings (SSSR count). The highest BCUT2D eigenvalue weighted by atomic mass is 32.1. The molecule has 0 spiro atoms. The molecule has 2 N–H and O–H groups in total. The van der Waals surface area contributed by atoms with E-state index in [-0.39, 0.29) is 12.0 Å². The van der Waals surface area contributed by atoms with Crippen LogP contribution in [0.25, 0.3) is 0 Å². The summed E-state index contributed by atoms with van der Waals surface area (Å²) in [6.45, 7) is 7.87. The highest BCUT2D eigenvalue weighted by Gasteiger charge is 2.42. The smallest absolute Gasteiger partial charge is 0.393 e. The molecule has 6 heteroatoms. The molecule has 1 saturated heterocycles. The zero-order valence-corrected chi connectivity index (χ0v) is 13.3. The first-order valence-corrected chi connectivity index (χ1v) is 7.51. The Labute approximate surface area is 124 Å². The molecule has 0 bridgehead atoms. The highest BCUT2D eigenvalue weighted by Crippen LogP contribution is 2.35. The molecular formula is C14H25F3N2S. The number of hydrogen-bond acceptors (Lipinski definition) is 2. The van der Waals surface area contributed by atoms with Gasteiger partial charge in [-0.25, -0.2) is 0 Å². The van der Waals surface area contributed by atoms with Gasteiger partial charge < -0.3 is 10.6 Å². The minimum atomic E-state index is -4.35. The molecule has 0 aromatic carbocycles. The summed E-state index contributed by atoms with van der Waals surface area (Å²) in [7, 11) is 0. The fourth-order valence-electron chi connectivity index (χ4n) is 2.82. The van der Waals surface area contributed by atoms with Crippen molar-refractivity contribution in [3.63, 3.8) is 0 Å². The number of likely N-dealkylation sites (tertiary alicyclic amines) is 1. The fourth-order valence-corrected chi connectivity index (χ4v) is 3.03. The Balaban J connectivity index is 2.63. The zero-order valence-electron chi connectivity index (χ0n) is 12.5. The summed E-state index contributed by atoms with van der Waals surface area (Å²) in [6.07, 6.45) is -1.40. The molecule has 0 radical (unpaired) electrons. The Morgan fingerprint density at radius 3 is 2.30 bits per heavy atom. The first-order valence-electron chi connectivity index (χ1n) is 7.10. The number of halogens is 3. The van der Waals surface area contributed by atoms with Crippen LogP contribution in [0.1, 0.15) is 40.0 Å². The van der Waals surface area contributed by atoms with Crippen molar-refractivity contribution in [3.05, 3.63) is 0 Å². The van der Waals surface area contributed by atoms with E-state index in [1.54, 1.807) is 0 Å². The number of nitrogens with zero attached hydrogens (tertiary/aromatic N) is 1. The summed E-state index contributed by atoms with van der Waals surface area (Å²) in [5.41, 5.74) is 5.47. The maximum Gasteiger partial charge on any atom is 0.399 e. The Morgan fingerprint density at radius 2 is 1.85 bits per heavy atom. The standard InChI is InChI=1S/C14H25F3N2S/c1-13(2,3)10-5-4-7-19(8-6-10)9-11(12(18)20)14(15,16)17/h10-11H,4-9H2,1-3H3,(H2,18,20). The lowest BCUT2D eigenvalue weighted by molar-refractivity contribution is -0.159. The van der Waals surface area contributed by atoms with Crippen molar-refractivity contribution in [1.82, 2.24) is 4.90 Å². The lowest BCUT2D eigenvalue weighted by atomic mass is 9.77. The van der Waals surface area contributed by atoms with Gasteiger partial charge in [0.05, 0.1) is 4.99 Å². The number of hydrogen-bond donors (Lipinski definition) is 1. The lowest BCUT2D eigenvalue weighted by Crippen LogP contribution is -2.43. The van der Waals surface area contributed by atoms with Crippen molar-refractivity contribution >= 4 is 17.2 Å². The molecule has 0 aliphatic carbocycles. The molecule has 2 atom stereocenters. The van der Waals surface area contributed by atoms with Crippen LogP contribution in [-0.4, -0.2) is 35.7 Å². The second kappa shape index (κ2) is 6.60. The molecule has 0 saturated carbocycles. The molecule has 1 heterocycles. The Bertz CT molecular complexity index is 336. The van der Waals surface area contributed by atoms with Crippen molar-refractivity contribution in [2.75, 3.05) is 19.6 Å². The van der Waals surface area contributed by atoms with Crippen LogP contribution in [0.15, 0.2) is 0 Å². The van der Waals surface area contributed by atoms with E-state index >= 15 is 0 Å². The van der Waals surface area contributed by atoms with Crippen LogP contribution >= 0.6 is 12.2 Å². The van der Waals surface area contributed by atoms with Gasteiger partial charge in [-0.15, -0.1) is 0 Å². The molecule has 1 fully saturated rings. The zero-order chi connectivity index (χ0) is 15.6. The fraction of sp³-hybridized carbons (Fsp3) is 0.929. The van der Waals surface area contributed by atoms with E-state index in [4.69, 9.17) is 5.73 Å². The van der Waals surface area contributed by atoms with Gasteiger partial charge in [-0.3, -0.25) is 0 Å². The van der Waals surface area contributed by atoms with Gasteiger partial charge in [0.15, 0.2) is 0 Å². The summed E-state index contributed by atoms with van der Waals surface area (Å²) in [5, 5.41) is 0. The third-order valence-corrected chi connectivity index (χ3v) is 4.51. The molecular weight excluding hydrogens is 285 g/mol. The molecule has 0 aromatic rings. The van der Waals surface area contributed by atoms with E-state index in [1.807, 2.05) is 4.90 Å². The van der Waals surface area contributed by atoms with Crippen LogP contribution in [0.2, 0.25) is 0 Å². The monoisotopic (exact) mass is 310 g/mol. The lowest BCUT2D eigenvalue weighted by Gasteiger charge is -2.30. The van der Waals surface area contributed by atoms with Gasteiger partial charge in [0.2, 0.25) is 0 Å². The van der Waals surface area contributed by atoms with Crippen molar-refractivity contribution in [1.29, 1.82) is 0 Å². The third kappa shape index (κ3) is 5.20. The quantitative estimate of drug-likeness (QED) is 0.808. The van der Waals surface area contributed by atoms with Crippen LogP contribution < -0.4 is 5.73 Å². The highest BCUT2D eigenvalue weighted by molar-refractivity contribution is 7.80. The molecule has 1 aliphatic heterocycles. The SMILES string of the molecule is CC(C)(C)C1CCCN(CC(C(N)=S)C(F)(F)F)CC1. The first kappa shape index (κ1) is 17.7. The Morgan fingerprint density at radius 1 is 1.25 bits per heavy atom. The van der Waals surface area contributed by atoms with Crippen LogP contribution in [0.5, 0.6) is 0 Å². The van der Waals surface area contributed by atoms with E-state index in [9.17, 15) is 13.2 Å². The number of rotatable bonds is 3. The van der Waals surface area contributed by atoms with Gasteiger partial charge in [-0.05, 0) is 43.7 Å². The van der Waals surface area contributed by atoms with Crippen molar-refractivity contribution in [3.8, 4) is 0 Å². The number of alkyl halides is 3. The minimum absolute atomic E-state index is 0.101. The summed E-state index contributed by atoms with van der Waals surface area (Å²) < 4.78 is 38.7. The Kier molecular flexibility index (Phi) is 5.84. The van der Waals surface area contributed by atoms with Gasteiger partial charge >= 0.3 is 6.18 Å². The van der Waals surface area contributed by atoms with Crippen LogP contribution in [0.3, 0.4) is 0 Å². The predicted molar refractivity (Wildman–Crippen MR) is 79.6 cm³/mol. The molecule has 0 amide bonds. The van der Waals surface area contributed by atoms with Crippen molar-refractivity contribution < 1.29 is 13.2 Å². The maximum absolute atomic E-state index is 12.9. The molecule has 2 unspecified atom stereocenters. The van der Waals surface area contributed by atoms with Crippen molar-refractivity contribution in [2.24, 2.45) is 23.0 Å². The number of thiocarbonyl (C=S) groups is 1. The van der Waals surface area contributed by atoms with E-state index in [0.29, 0.717) is 19.0 Å². The van der Waals surface area contributed by atoms with Crippen LogP contribution in [-0.2, 0) is 0 Å². The van der Waals surface area contributed by atoms with Crippen LogP contribution in [0, 0.1) is 17.3 Å². The van der Waals surface area contributed by atoms with E-state index in [2.05, 4.69) is 33.0 Å². The van der Waals surface area contributed by atoms with E-state index < -0.39 is 17.1 Å². The molecule has 0 aromatic heterocycles. The van der Waals surface area contributed by atoms with Gasteiger partial charge in [0.25, 0.3) is 0 Å². The topological polar surface area (TPSA) is 29.3 Å². The largest absolute Gasteiger partial charge is 0.399 e. The summed E-state index contributed by atoms with van der Waals surface area (Å²) >= 11 is 4.58. The first-order chi connectivity index (χ1) is 9.01. The summed E-state index contributed by atoms with van der Waals surface area (Å²) in [4.78, 5) is 1.41. The summed E-state index contributed by atoms with van der Waals surface area (Å²) in [5.74, 6) is -1.13. The van der Waals surface area contributed by atoms with Gasteiger partial charge in [-0.2, -0.15) is 13.2 Å². The maximum atomic E-state index is 12.9. The molecule has 118 valence electrons. The summed E-state index contributed by atoms with van der Waals surface area (Å²) in [6, 6.07) is 0. The molecule has 1 aliphatic rings. The molecule has 20 heavy (non-hydrogen) atoms. The van der Waals surface area contributed by atoms with Gasteiger partial charge in [0.1, 0.15) is 5.92 Å².